The summed E-state index contributed by atoms with van der Waals surface area (Å²) in [6.07, 6.45) is -3.67. The number of alkyl halides is 3. The topological polar surface area (TPSA) is 76.1 Å². The van der Waals surface area contributed by atoms with E-state index in [0.29, 0.717) is 26.1 Å². The molecule has 3 aromatic carbocycles. The lowest BCUT2D eigenvalue weighted by Gasteiger charge is -2.36. The van der Waals surface area contributed by atoms with Crippen LogP contribution >= 0.6 is 11.6 Å². The minimum absolute atomic E-state index is 0.0171. The minimum Gasteiger partial charge on any atom is -0.503 e. The smallest absolute Gasteiger partial charge is 0.416 e. The van der Waals surface area contributed by atoms with Gasteiger partial charge >= 0.3 is 6.18 Å². The SMILES string of the molecule is O=C(C1=C(O)C(=O)N(C2CCOCC2)[C@@H]1c1ccc(C(F)(F)F)cc1)c1cc(Cl)ccc1OCc1ccccc1. The number of halogens is 4. The van der Waals surface area contributed by atoms with Gasteiger partial charge in [0.05, 0.1) is 22.7 Å². The third kappa shape index (κ3) is 5.57. The van der Waals surface area contributed by atoms with E-state index in [1.807, 2.05) is 30.3 Å². The highest BCUT2D eigenvalue weighted by Gasteiger charge is 2.47. The molecular weight excluding hydrogens is 547 g/mol. The number of aliphatic hydroxyl groups excluding tert-OH is 1. The van der Waals surface area contributed by atoms with E-state index in [2.05, 4.69) is 0 Å². The summed E-state index contributed by atoms with van der Waals surface area (Å²) in [6.45, 7) is 0.872. The van der Waals surface area contributed by atoms with E-state index in [4.69, 9.17) is 21.1 Å². The number of nitrogens with zero attached hydrogens (tertiary/aromatic N) is 1. The number of amides is 1. The first-order chi connectivity index (χ1) is 19.1. The van der Waals surface area contributed by atoms with Gasteiger partial charge in [-0.2, -0.15) is 13.2 Å². The van der Waals surface area contributed by atoms with E-state index in [1.165, 1.54) is 29.2 Å². The van der Waals surface area contributed by atoms with Crippen LogP contribution in [0.1, 0.15) is 45.9 Å². The first kappa shape index (κ1) is 27.7. The van der Waals surface area contributed by atoms with Gasteiger partial charge in [0.25, 0.3) is 5.91 Å². The van der Waals surface area contributed by atoms with Crippen molar-refractivity contribution in [1.29, 1.82) is 0 Å². The average molecular weight is 572 g/mol. The highest BCUT2D eigenvalue weighted by Crippen LogP contribution is 2.43. The molecule has 1 fully saturated rings. The summed E-state index contributed by atoms with van der Waals surface area (Å²) >= 11 is 6.23. The van der Waals surface area contributed by atoms with Gasteiger partial charge in [-0.25, -0.2) is 0 Å². The second-order valence-electron chi connectivity index (χ2n) is 9.58. The average Bonchev–Trinajstić information content (AvgIpc) is 3.22. The fourth-order valence-electron chi connectivity index (χ4n) is 5.06. The van der Waals surface area contributed by atoms with E-state index >= 15 is 0 Å². The zero-order valence-electron chi connectivity index (χ0n) is 21.2. The third-order valence-electron chi connectivity index (χ3n) is 7.05. The molecule has 0 bridgehead atoms. The summed E-state index contributed by atoms with van der Waals surface area (Å²) in [6, 6.07) is 16.5. The van der Waals surface area contributed by atoms with Crippen LogP contribution in [-0.2, 0) is 22.3 Å². The fraction of sp³-hybridized carbons (Fsp3) is 0.267. The van der Waals surface area contributed by atoms with Crippen molar-refractivity contribution in [2.24, 2.45) is 0 Å². The Kier molecular flexibility index (Phi) is 7.87. The molecule has 0 spiro atoms. The van der Waals surface area contributed by atoms with Crippen LogP contribution in [0.2, 0.25) is 5.02 Å². The molecule has 1 atom stereocenters. The van der Waals surface area contributed by atoms with Crippen molar-refractivity contribution in [3.8, 4) is 5.75 Å². The van der Waals surface area contributed by atoms with Crippen LogP contribution in [0.3, 0.4) is 0 Å². The van der Waals surface area contributed by atoms with Gasteiger partial charge in [-0.3, -0.25) is 9.59 Å². The van der Waals surface area contributed by atoms with Gasteiger partial charge in [-0.05, 0) is 54.3 Å². The van der Waals surface area contributed by atoms with Gasteiger partial charge < -0.3 is 19.5 Å². The van der Waals surface area contributed by atoms with Gasteiger partial charge in [0.15, 0.2) is 11.5 Å². The highest BCUT2D eigenvalue weighted by atomic mass is 35.5. The molecule has 5 rings (SSSR count). The van der Waals surface area contributed by atoms with E-state index in [-0.39, 0.29) is 34.1 Å². The number of ether oxygens (including phenoxy) is 2. The Hall–Kier alpha value is -3.82. The number of hydrogen-bond acceptors (Lipinski definition) is 5. The Balaban J connectivity index is 1.56. The minimum atomic E-state index is -4.56. The largest absolute Gasteiger partial charge is 0.503 e. The number of aliphatic hydroxyl groups is 1. The van der Waals surface area contributed by atoms with Gasteiger partial charge in [-0.15, -0.1) is 0 Å². The molecule has 1 N–H and O–H groups in total. The summed E-state index contributed by atoms with van der Waals surface area (Å²) in [5.41, 5.74) is 0.00797. The lowest BCUT2D eigenvalue weighted by molar-refractivity contribution is -0.138. The molecule has 0 aromatic heterocycles. The Morgan fingerprint density at radius 3 is 2.35 bits per heavy atom. The number of carbonyl (C=O) groups excluding carboxylic acids is 2. The fourth-order valence-corrected chi connectivity index (χ4v) is 5.23. The van der Waals surface area contributed by atoms with Crippen LogP contribution in [0.4, 0.5) is 13.2 Å². The summed E-state index contributed by atoms with van der Waals surface area (Å²) < 4.78 is 51.2. The van der Waals surface area contributed by atoms with Crippen molar-refractivity contribution < 1.29 is 37.3 Å². The number of benzene rings is 3. The maximum atomic E-state index is 14.1. The van der Waals surface area contributed by atoms with E-state index in [1.54, 1.807) is 6.07 Å². The second-order valence-corrected chi connectivity index (χ2v) is 10.0. The number of rotatable bonds is 7. The van der Waals surface area contributed by atoms with E-state index in [0.717, 1.165) is 17.7 Å². The summed E-state index contributed by atoms with van der Waals surface area (Å²) in [4.78, 5) is 28.9. The molecule has 0 aliphatic carbocycles. The molecule has 0 saturated carbocycles. The molecule has 0 unspecified atom stereocenters. The Labute approximate surface area is 233 Å². The van der Waals surface area contributed by atoms with Crippen molar-refractivity contribution >= 4 is 23.3 Å². The molecule has 208 valence electrons. The Bertz CT molecular complexity index is 1430. The van der Waals surface area contributed by atoms with Crippen LogP contribution in [0, 0.1) is 0 Å². The van der Waals surface area contributed by atoms with Crippen molar-refractivity contribution in [2.45, 2.75) is 37.7 Å². The van der Waals surface area contributed by atoms with Crippen molar-refractivity contribution in [3.05, 3.63) is 111 Å². The van der Waals surface area contributed by atoms with Crippen LogP contribution in [0.25, 0.3) is 0 Å². The molecule has 1 saturated heterocycles. The Morgan fingerprint density at radius 2 is 1.70 bits per heavy atom. The standard InChI is InChI=1S/C30H25ClF3NO5/c31-21-10-11-24(40-17-18-4-2-1-3-5-18)23(16-21)27(36)25-26(19-6-8-20(9-7-19)30(32,33)34)35(29(38)28(25)37)22-12-14-39-15-13-22/h1-11,16,22,26,37H,12-15,17H2/t26-/m1/s1. The zero-order valence-corrected chi connectivity index (χ0v) is 21.9. The first-order valence-electron chi connectivity index (χ1n) is 12.7. The van der Waals surface area contributed by atoms with Gasteiger partial charge in [-0.1, -0.05) is 54.1 Å². The predicted molar refractivity (Wildman–Crippen MR) is 141 cm³/mol. The molecule has 2 aliphatic heterocycles. The number of hydrogen-bond donors (Lipinski definition) is 1. The van der Waals surface area contributed by atoms with Crippen LogP contribution < -0.4 is 4.74 Å². The summed E-state index contributed by atoms with van der Waals surface area (Å²) in [7, 11) is 0. The van der Waals surface area contributed by atoms with Crippen molar-refractivity contribution in [3.63, 3.8) is 0 Å². The van der Waals surface area contributed by atoms with Crippen LogP contribution in [-0.4, -0.2) is 41.0 Å². The van der Waals surface area contributed by atoms with E-state index < -0.39 is 41.3 Å². The molecular formula is C30H25ClF3NO5. The van der Waals surface area contributed by atoms with Gasteiger partial charge in [0.1, 0.15) is 12.4 Å². The summed E-state index contributed by atoms with van der Waals surface area (Å²) in [5, 5.41) is 11.3. The maximum absolute atomic E-state index is 14.1. The van der Waals surface area contributed by atoms with Crippen molar-refractivity contribution in [2.75, 3.05) is 13.2 Å². The molecule has 2 aliphatic rings. The molecule has 0 radical (unpaired) electrons. The molecule has 10 heteroatoms. The number of ketones is 1. The summed E-state index contributed by atoms with van der Waals surface area (Å²) in [5.74, 6) is -2.05. The number of Topliss-reactive ketones (excluding diaryl/α,β-unsaturated/α-hetero) is 1. The third-order valence-corrected chi connectivity index (χ3v) is 7.28. The van der Waals surface area contributed by atoms with Crippen LogP contribution in [0.15, 0.2) is 84.1 Å². The van der Waals surface area contributed by atoms with E-state index in [9.17, 15) is 27.9 Å². The lowest BCUT2D eigenvalue weighted by atomic mass is 9.90. The lowest BCUT2D eigenvalue weighted by Crippen LogP contribution is -2.43. The van der Waals surface area contributed by atoms with Gasteiger partial charge in [0.2, 0.25) is 0 Å². The molecule has 6 nitrogen and oxygen atoms in total. The van der Waals surface area contributed by atoms with Crippen LogP contribution in [0.5, 0.6) is 5.75 Å². The molecule has 3 aromatic rings. The molecule has 2 heterocycles. The zero-order chi connectivity index (χ0) is 28.4. The van der Waals surface area contributed by atoms with Crippen molar-refractivity contribution in [1.82, 2.24) is 4.90 Å². The quantitative estimate of drug-likeness (QED) is 0.320. The highest BCUT2D eigenvalue weighted by molar-refractivity contribution is 6.31. The monoisotopic (exact) mass is 571 g/mol. The predicted octanol–water partition coefficient (Wildman–Crippen LogP) is 6.70. The molecule has 40 heavy (non-hydrogen) atoms. The molecule has 1 amide bonds. The maximum Gasteiger partial charge on any atom is 0.416 e. The normalized spacial score (nSPS) is 18.4. The number of carbonyl (C=O) groups is 2. The second kappa shape index (κ2) is 11.3. The Morgan fingerprint density at radius 1 is 1.02 bits per heavy atom. The first-order valence-corrected chi connectivity index (χ1v) is 13.0. The van der Waals surface area contributed by atoms with Gasteiger partial charge in [0, 0.05) is 24.3 Å².